The number of carbonyl (C=O) groups excluding carboxylic acids is 1. The van der Waals surface area contributed by atoms with Crippen molar-refractivity contribution in [1.29, 1.82) is 0 Å². The largest absolute Gasteiger partial charge is 0.493 e. The first-order valence-corrected chi connectivity index (χ1v) is 7.36. The van der Waals surface area contributed by atoms with Crippen LogP contribution in [-0.4, -0.2) is 12.5 Å². The Morgan fingerprint density at radius 1 is 1.18 bits per heavy atom. The number of ether oxygens (including phenoxy) is 1. The summed E-state index contributed by atoms with van der Waals surface area (Å²) >= 11 is 0. The summed E-state index contributed by atoms with van der Waals surface area (Å²) < 4.78 is 5.61. The van der Waals surface area contributed by atoms with Crippen LogP contribution in [0.2, 0.25) is 0 Å². The summed E-state index contributed by atoms with van der Waals surface area (Å²) in [4.78, 5) is 12.2. The maximum Gasteiger partial charge on any atom is 0.255 e. The van der Waals surface area contributed by atoms with Crippen LogP contribution in [-0.2, 0) is 0 Å². The molecule has 0 unspecified atom stereocenters. The molecule has 0 aliphatic carbocycles. The van der Waals surface area contributed by atoms with Crippen molar-refractivity contribution in [2.75, 3.05) is 17.7 Å². The molecule has 0 aliphatic heterocycles. The van der Waals surface area contributed by atoms with Crippen molar-refractivity contribution in [2.24, 2.45) is 5.92 Å². The molecular formula is C18H22N2O2. The number of hydrogen-bond acceptors (Lipinski definition) is 3. The van der Waals surface area contributed by atoms with Crippen molar-refractivity contribution >= 4 is 17.3 Å². The van der Waals surface area contributed by atoms with E-state index in [2.05, 4.69) is 19.2 Å². The Balaban J connectivity index is 2.03. The highest BCUT2D eigenvalue weighted by Crippen LogP contribution is 2.19. The predicted molar refractivity (Wildman–Crippen MR) is 90.3 cm³/mol. The van der Waals surface area contributed by atoms with Crippen LogP contribution in [0, 0.1) is 12.8 Å². The van der Waals surface area contributed by atoms with Crippen LogP contribution in [0.5, 0.6) is 5.75 Å². The summed E-state index contributed by atoms with van der Waals surface area (Å²) in [6, 6.07) is 12.6. The molecule has 0 saturated carbocycles. The molecule has 0 radical (unpaired) electrons. The van der Waals surface area contributed by atoms with E-state index in [1.807, 2.05) is 31.2 Å². The molecular weight excluding hydrogens is 276 g/mol. The number of benzene rings is 2. The average Bonchev–Trinajstić information content (AvgIpc) is 2.48. The number of hydrogen-bond donors (Lipinski definition) is 2. The number of nitrogen functional groups attached to an aromatic ring is 1. The molecule has 1 amide bonds. The minimum atomic E-state index is -0.150. The van der Waals surface area contributed by atoms with Gasteiger partial charge >= 0.3 is 0 Å². The number of rotatable bonds is 5. The molecule has 0 aromatic heterocycles. The number of amides is 1. The first-order valence-electron chi connectivity index (χ1n) is 7.36. The average molecular weight is 298 g/mol. The second-order valence-corrected chi connectivity index (χ2v) is 5.76. The third-order valence-corrected chi connectivity index (χ3v) is 3.20. The van der Waals surface area contributed by atoms with Crippen molar-refractivity contribution in [3.8, 4) is 5.75 Å². The van der Waals surface area contributed by atoms with Gasteiger partial charge in [0.1, 0.15) is 5.75 Å². The number of carbonyl (C=O) groups is 1. The van der Waals surface area contributed by atoms with Gasteiger partial charge in [0.15, 0.2) is 0 Å². The molecule has 3 N–H and O–H groups in total. The highest BCUT2D eigenvalue weighted by Gasteiger charge is 2.08. The fourth-order valence-electron chi connectivity index (χ4n) is 1.99. The smallest absolute Gasteiger partial charge is 0.255 e. The SMILES string of the molecule is Cc1cc(N)ccc1NC(=O)c1ccc(OCC(C)C)cc1. The highest BCUT2D eigenvalue weighted by molar-refractivity contribution is 6.04. The van der Waals surface area contributed by atoms with Crippen LogP contribution in [0.15, 0.2) is 42.5 Å². The monoisotopic (exact) mass is 298 g/mol. The van der Waals surface area contributed by atoms with Gasteiger partial charge in [-0.3, -0.25) is 4.79 Å². The molecule has 4 heteroatoms. The molecule has 0 spiro atoms. The van der Waals surface area contributed by atoms with E-state index in [1.165, 1.54) is 0 Å². The Morgan fingerprint density at radius 2 is 1.86 bits per heavy atom. The molecule has 4 nitrogen and oxygen atoms in total. The van der Waals surface area contributed by atoms with Crippen LogP contribution in [0.4, 0.5) is 11.4 Å². The second kappa shape index (κ2) is 6.98. The van der Waals surface area contributed by atoms with Gasteiger partial charge in [-0.25, -0.2) is 0 Å². The normalized spacial score (nSPS) is 10.5. The predicted octanol–water partition coefficient (Wildman–Crippen LogP) is 3.86. The molecule has 2 aromatic rings. The third kappa shape index (κ3) is 4.25. The lowest BCUT2D eigenvalue weighted by molar-refractivity contribution is 0.102. The number of anilines is 2. The molecule has 0 fully saturated rings. The van der Waals surface area contributed by atoms with Gasteiger partial charge in [-0.1, -0.05) is 13.8 Å². The molecule has 2 rings (SSSR count). The van der Waals surface area contributed by atoms with E-state index >= 15 is 0 Å². The molecule has 0 aliphatic rings. The van der Waals surface area contributed by atoms with E-state index in [0.717, 1.165) is 17.0 Å². The summed E-state index contributed by atoms with van der Waals surface area (Å²) in [6.07, 6.45) is 0. The fourth-order valence-corrected chi connectivity index (χ4v) is 1.99. The van der Waals surface area contributed by atoms with E-state index in [1.54, 1.807) is 18.2 Å². The first kappa shape index (κ1) is 15.9. The Kier molecular flexibility index (Phi) is 5.04. The zero-order valence-corrected chi connectivity index (χ0v) is 13.2. The van der Waals surface area contributed by atoms with Crippen LogP contribution in [0.3, 0.4) is 0 Å². The summed E-state index contributed by atoms with van der Waals surface area (Å²) in [5.41, 5.74) is 8.68. The van der Waals surface area contributed by atoms with E-state index in [9.17, 15) is 4.79 Å². The Bertz CT molecular complexity index is 649. The Morgan fingerprint density at radius 3 is 2.45 bits per heavy atom. The van der Waals surface area contributed by atoms with Gasteiger partial charge in [0, 0.05) is 16.9 Å². The van der Waals surface area contributed by atoms with Crippen LogP contribution < -0.4 is 15.8 Å². The minimum Gasteiger partial charge on any atom is -0.493 e. The van der Waals surface area contributed by atoms with Gasteiger partial charge in [0.05, 0.1) is 6.61 Å². The maximum absolute atomic E-state index is 12.2. The Hall–Kier alpha value is -2.49. The molecule has 0 saturated heterocycles. The van der Waals surface area contributed by atoms with Crippen molar-refractivity contribution in [2.45, 2.75) is 20.8 Å². The summed E-state index contributed by atoms with van der Waals surface area (Å²) in [7, 11) is 0. The van der Waals surface area contributed by atoms with Gasteiger partial charge in [-0.2, -0.15) is 0 Å². The van der Waals surface area contributed by atoms with Gasteiger partial charge in [-0.15, -0.1) is 0 Å². The molecule has 2 aromatic carbocycles. The topological polar surface area (TPSA) is 64.3 Å². The van der Waals surface area contributed by atoms with Gasteiger partial charge in [0.25, 0.3) is 5.91 Å². The summed E-state index contributed by atoms with van der Waals surface area (Å²) in [5.74, 6) is 1.09. The standard InChI is InChI=1S/C18H22N2O2/c1-12(2)11-22-16-7-4-14(5-8-16)18(21)20-17-9-6-15(19)10-13(17)3/h4-10,12H,11,19H2,1-3H3,(H,20,21). The zero-order valence-electron chi connectivity index (χ0n) is 13.2. The van der Waals surface area contributed by atoms with E-state index in [0.29, 0.717) is 23.8 Å². The molecule has 0 heterocycles. The van der Waals surface area contributed by atoms with Gasteiger partial charge in [-0.05, 0) is 60.9 Å². The van der Waals surface area contributed by atoms with Crippen LogP contribution in [0.25, 0.3) is 0 Å². The Labute approximate surface area is 131 Å². The van der Waals surface area contributed by atoms with E-state index in [4.69, 9.17) is 10.5 Å². The highest BCUT2D eigenvalue weighted by atomic mass is 16.5. The lowest BCUT2D eigenvalue weighted by Crippen LogP contribution is -2.13. The summed E-state index contributed by atoms with van der Waals surface area (Å²) in [5, 5.41) is 2.89. The third-order valence-electron chi connectivity index (χ3n) is 3.20. The lowest BCUT2D eigenvalue weighted by Gasteiger charge is -2.11. The van der Waals surface area contributed by atoms with Crippen molar-refractivity contribution in [3.63, 3.8) is 0 Å². The quantitative estimate of drug-likeness (QED) is 0.824. The van der Waals surface area contributed by atoms with E-state index in [-0.39, 0.29) is 5.91 Å². The lowest BCUT2D eigenvalue weighted by atomic mass is 10.1. The zero-order chi connectivity index (χ0) is 16.1. The molecule has 116 valence electrons. The second-order valence-electron chi connectivity index (χ2n) is 5.76. The maximum atomic E-state index is 12.2. The molecule has 0 atom stereocenters. The van der Waals surface area contributed by atoms with Crippen molar-refractivity contribution in [1.82, 2.24) is 0 Å². The number of nitrogens with one attached hydrogen (secondary N) is 1. The van der Waals surface area contributed by atoms with Gasteiger partial charge in [0.2, 0.25) is 0 Å². The van der Waals surface area contributed by atoms with Crippen molar-refractivity contribution in [3.05, 3.63) is 53.6 Å². The molecule has 0 bridgehead atoms. The fraction of sp³-hybridized carbons (Fsp3) is 0.278. The minimum absolute atomic E-state index is 0.150. The first-order chi connectivity index (χ1) is 10.5. The number of nitrogens with two attached hydrogens (primary N) is 1. The number of aryl methyl sites for hydroxylation is 1. The molecule has 22 heavy (non-hydrogen) atoms. The van der Waals surface area contributed by atoms with Crippen LogP contribution >= 0.6 is 0 Å². The van der Waals surface area contributed by atoms with E-state index < -0.39 is 0 Å². The summed E-state index contributed by atoms with van der Waals surface area (Å²) in [6.45, 7) is 6.76. The van der Waals surface area contributed by atoms with Crippen LogP contribution in [0.1, 0.15) is 29.8 Å². The van der Waals surface area contributed by atoms with Gasteiger partial charge < -0.3 is 15.8 Å². The van der Waals surface area contributed by atoms with Crippen molar-refractivity contribution < 1.29 is 9.53 Å².